The summed E-state index contributed by atoms with van der Waals surface area (Å²) in [5, 5.41) is 3.49. The summed E-state index contributed by atoms with van der Waals surface area (Å²) in [7, 11) is 0. The predicted molar refractivity (Wildman–Crippen MR) is 78.0 cm³/mol. The zero-order valence-electron chi connectivity index (χ0n) is 11.3. The molecule has 1 heterocycles. The van der Waals surface area contributed by atoms with Gasteiger partial charge in [-0.15, -0.1) is 0 Å². The van der Waals surface area contributed by atoms with Crippen molar-refractivity contribution in [3.8, 4) is 11.1 Å². The van der Waals surface area contributed by atoms with Crippen LogP contribution in [0.25, 0.3) is 11.1 Å². The van der Waals surface area contributed by atoms with Crippen LogP contribution in [0.2, 0.25) is 0 Å². The summed E-state index contributed by atoms with van der Waals surface area (Å²) in [5.74, 6) is -0.176. The van der Waals surface area contributed by atoms with Gasteiger partial charge in [0, 0.05) is 11.7 Å². The lowest BCUT2D eigenvalue weighted by atomic mass is 9.93. The normalized spacial score (nSPS) is 17.7. The molecule has 0 saturated heterocycles. The van der Waals surface area contributed by atoms with Crippen molar-refractivity contribution in [2.45, 2.75) is 32.7 Å². The Labute approximate surface area is 113 Å². The van der Waals surface area contributed by atoms with Crippen molar-refractivity contribution in [3.05, 3.63) is 53.3 Å². The summed E-state index contributed by atoms with van der Waals surface area (Å²) in [4.78, 5) is 0. The third-order valence-corrected chi connectivity index (χ3v) is 3.86. The Morgan fingerprint density at radius 2 is 2.00 bits per heavy atom. The van der Waals surface area contributed by atoms with E-state index in [1.54, 1.807) is 6.07 Å². The number of rotatable bonds is 1. The van der Waals surface area contributed by atoms with Crippen LogP contribution in [0, 0.1) is 12.7 Å². The first kappa shape index (κ1) is 12.2. The number of nitrogens with one attached hydrogen (secondary N) is 1. The molecule has 2 heteroatoms. The molecule has 0 saturated carbocycles. The van der Waals surface area contributed by atoms with E-state index in [0.29, 0.717) is 6.04 Å². The maximum absolute atomic E-state index is 13.4. The number of fused-ring (bicyclic) bond motifs is 1. The van der Waals surface area contributed by atoms with Crippen LogP contribution in [0.5, 0.6) is 0 Å². The minimum absolute atomic E-state index is 0.176. The molecule has 1 N–H and O–H groups in total. The maximum atomic E-state index is 13.4. The van der Waals surface area contributed by atoms with E-state index in [9.17, 15) is 4.39 Å². The summed E-state index contributed by atoms with van der Waals surface area (Å²) in [6, 6.07) is 11.9. The standard InChI is InChI=1S/C17H18FN/c1-11-3-7-15(18)10-16(11)13-6-8-17-14(9-13)5-4-12(2)19-17/h3,6-10,12,19H,4-5H2,1-2H3. The monoisotopic (exact) mass is 255 g/mol. The zero-order chi connectivity index (χ0) is 13.4. The second-order valence-corrected chi connectivity index (χ2v) is 5.42. The molecule has 3 rings (SSSR count). The Kier molecular flexibility index (Phi) is 3.02. The predicted octanol–water partition coefficient (Wildman–Crippen LogP) is 4.55. The molecular weight excluding hydrogens is 237 g/mol. The van der Waals surface area contributed by atoms with E-state index in [-0.39, 0.29) is 5.82 Å². The van der Waals surface area contributed by atoms with E-state index in [1.807, 2.05) is 13.0 Å². The summed E-state index contributed by atoms with van der Waals surface area (Å²) in [6.07, 6.45) is 2.24. The Bertz CT molecular complexity index is 619. The van der Waals surface area contributed by atoms with Gasteiger partial charge in [0.15, 0.2) is 0 Å². The maximum Gasteiger partial charge on any atom is 0.123 e. The first-order chi connectivity index (χ1) is 9.13. The van der Waals surface area contributed by atoms with Crippen LogP contribution in [-0.4, -0.2) is 6.04 Å². The third kappa shape index (κ3) is 2.35. The first-order valence-corrected chi connectivity index (χ1v) is 6.79. The lowest BCUT2D eigenvalue weighted by Gasteiger charge is -2.24. The molecule has 0 aliphatic carbocycles. The molecule has 0 bridgehead atoms. The Morgan fingerprint density at radius 1 is 1.16 bits per heavy atom. The van der Waals surface area contributed by atoms with Crippen molar-refractivity contribution in [1.82, 2.24) is 0 Å². The van der Waals surface area contributed by atoms with Crippen LogP contribution in [0.4, 0.5) is 10.1 Å². The average molecular weight is 255 g/mol. The van der Waals surface area contributed by atoms with Crippen molar-refractivity contribution in [2.24, 2.45) is 0 Å². The quantitative estimate of drug-likeness (QED) is 0.788. The fourth-order valence-electron chi connectivity index (χ4n) is 2.72. The molecule has 0 fully saturated rings. The number of aryl methyl sites for hydroxylation is 2. The molecule has 19 heavy (non-hydrogen) atoms. The van der Waals surface area contributed by atoms with Crippen LogP contribution in [0.3, 0.4) is 0 Å². The van der Waals surface area contributed by atoms with Crippen LogP contribution >= 0.6 is 0 Å². The van der Waals surface area contributed by atoms with Crippen molar-refractivity contribution in [1.29, 1.82) is 0 Å². The highest BCUT2D eigenvalue weighted by molar-refractivity contribution is 5.71. The van der Waals surface area contributed by atoms with Gasteiger partial charge in [-0.25, -0.2) is 4.39 Å². The molecule has 0 aromatic heterocycles. The molecule has 1 aliphatic heterocycles. The molecule has 2 aromatic rings. The number of benzene rings is 2. The molecule has 1 atom stereocenters. The Hall–Kier alpha value is -1.83. The summed E-state index contributed by atoms with van der Waals surface area (Å²) >= 11 is 0. The molecule has 2 aromatic carbocycles. The van der Waals surface area contributed by atoms with Crippen LogP contribution in [0.15, 0.2) is 36.4 Å². The van der Waals surface area contributed by atoms with E-state index < -0.39 is 0 Å². The van der Waals surface area contributed by atoms with E-state index in [0.717, 1.165) is 29.5 Å². The van der Waals surface area contributed by atoms with Gasteiger partial charge in [-0.05, 0) is 73.2 Å². The van der Waals surface area contributed by atoms with E-state index >= 15 is 0 Å². The minimum atomic E-state index is -0.176. The van der Waals surface area contributed by atoms with Gasteiger partial charge in [-0.1, -0.05) is 12.1 Å². The summed E-state index contributed by atoms with van der Waals surface area (Å²) in [5.41, 5.74) is 5.75. The van der Waals surface area contributed by atoms with Gasteiger partial charge in [0.1, 0.15) is 5.82 Å². The smallest absolute Gasteiger partial charge is 0.123 e. The highest BCUT2D eigenvalue weighted by Crippen LogP contribution is 2.31. The Morgan fingerprint density at radius 3 is 2.84 bits per heavy atom. The van der Waals surface area contributed by atoms with Gasteiger partial charge in [0.05, 0.1) is 0 Å². The molecule has 0 amide bonds. The molecular formula is C17H18FN. The van der Waals surface area contributed by atoms with Gasteiger partial charge in [-0.2, -0.15) is 0 Å². The van der Waals surface area contributed by atoms with Crippen LogP contribution in [-0.2, 0) is 6.42 Å². The van der Waals surface area contributed by atoms with Crippen molar-refractivity contribution >= 4 is 5.69 Å². The van der Waals surface area contributed by atoms with E-state index in [4.69, 9.17) is 0 Å². The lowest BCUT2D eigenvalue weighted by Crippen LogP contribution is -2.21. The van der Waals surface area contributed by atoms with Gasteiger partial charge in [-0.3, -0.25) is 0 Å². The minimum Gasteiger partial charge on any atom is -0.382 e. The fourth-order valence-corrected chi connectivity index (χ4v) is 2.72. The van der Waals surface area contributed by atoms with Gasteiger partial charge >= 0.3 is 0 Å². The molecule has 1 nitrogen and oxygen atoms in total. The number of hydrogen-bond acceptors (Lipinski definition) is 1. The summed E-state index contributed by atoms with van der Waals surface area (Å²) in [6.45, 7) is 4.22. The highest BCUT2D eigenvalue weighted by atomic mass is 19.1. The molecule has 98 valence electrons. The Balaban J connectivity index is 2.05. The molecule has 1 unspecified atom stereocenters. The van der Waals surface area contributed by atoms with Crippen molar-refractivity contribution < 1.29 is 4.39 Å². The third-order valence-electron chi connectivity index (χ3n) is 3.86. The van der Waals surface area contributed by atoms with Crippen molar-refractivity contribution in [3.63, 3.8) is 0 Å². The highest BCUT2D eigenvalue weighted by Gasteiger charge is 2.15. The van der Waals surface area contributed by atoms with Gasteiger partial charge in [0.25, 0.3) is 0 Å². The lowest BCUT2D eigenvalue weighted by molar-refractivity contribution is 0.628. The topological polar surface area (TPSA) is 12.0 Å². The zero-order valence-corrected chi connectivity index (χ0v) is 11.3. The first-order valence-electron chi connectivity index (χ1n) is 6.79. The average Bonchev–Trinajstić information content (AvgIpc) is 2.41. The number of anilines is 1. The molecule has 0 spiro atoms. The van der Waals surface area contributed by atoms with Crippen LogP contribution in [0.1, 0.15) is 24.5 Å². The molecule has 1 aliphatic rings. The second-order valence-electron chi connectivity index (χ2n) is 5.42. The number of halogens is 1. The van der Waals surface area contributed by atoms with Gasteiger partial charge < -0.3 is 5.32 Å². The van der Waals surface area contributed by atoms with Crippen molar-refractivity contribution in [2.75, 3.05) is 5.32 Å². The van der Waals surface area contributed by atoms with Gasteiger partial charge in [0.2, 0.25) is 0 Å². The van der Waals surface area contributed by atoms with E-state index in [2.05, 4.69) is 30.4 Å². The van der Waals surface area contributed by atoms with Crippen LogP contribution < -0.4 is 5.32 Å². The SMILES string of the molecule is Cc1ccc(F)cc1-c1ccc2c(c1)CCC(C)N2. The second kappa shape index (κ2) is 4.69. The number of hydrogen-bond donors (Lipinski definition) is 1. The fraction of sp³-hybridized carbons (Fsp3) is 0.294. The summed E-state index contributed by atoms with van der Waals surface area (Å²) < 4.78 is 13.4. The molecule has 0 radical (unpaired) electrons. The van der Waals surface area contributed by atoms with E-state index in [1.165, 1.54) is 17.3 Å². The largest absolute Gasteiger partial charge is 0.382 e.